The summed E-state index contributed by atoms with van der Waals surface area (Å²) in [7, 11) is 0. The van der Waals surface area contributed by atoms with Crippen LogP contribution in [0.1, 0.15) is 26.2 Å². The Hall–Kier alpha value is -1.35. The molecular weight excluding hydrogens is 248 g/mol. The van der Waals surface area contributed by atoms with E-state index in [4.69, 9.17) is 0 Å². The standard InChI is InChI=1S/C17H24N2O/c1-13(15-10-18-11-15)17(20)19(12-14-6-5-7-14)16-8-3-2-4-9-16/h2-4,8-9,13-15,18H,5-7,10-12H2,1H3. The predicted molar refractivity (Wildman–Crippen MR) is 81.7 cm³/mol. The maximum Gasteiger partial charge on any atom is 0.230 e. The van der Waals surface area contributed by atoms with E-state index in [-0.39, 0.29) is 5.92 Å². The number of benzene rings is 1. The lowest BCUT2D eigenvalue weighted by Gasteiger charge is -2.37. The van der Waals surface area contributed by atoms with Crippen molar-refractivity contribution < 1.29 is 4.79 Å². The summed E-state index contributed by atoms with van der Waals surface area (Å²) < 4.78 is 0. The lowest BCUT2D eigenvalue weighted by Crippen LogP contribution is -2.51. The molecule has 1 heterocycles. The highest BCUT2D eigenvalue weighted by Crippen LogP contribution is 2.30. The molecule has 1 saturated carbocycles. The van der Waals surface area contributed by atoms with Gasteiger partial charge < -0.3 is 10.2 Å². The summed E-state index contributed by atoms with van der Waals surface area (Å²) in [4.78, 5) is 14.9. The maximum absolute atomic E-state index is 12.9. The number of hydrogen-bond donors (Lipinski definition) is 1. The van der Waals surface area contributed by atoms with Gasteiger partial charge in [-0.1, -0.05) is 31.5 Å². The highest BCUT2D eigenvalue weighted by Gasteiger charge is 2.33. The molecule has 1 N–H and O–H groups in total. The molecule has 0 aromatic heterocycles. The third-order valence-corrected chi connectivity index (χ3v) is 4.91. The zero-order valence-corrected chi connectivity index (χ0v) is 12.2. The molecule has 2 fully saturated rings. The van der Waals surface area contributed by atoms with Crippen molar-refractivity contribution in [2.75, 3.05) is 24.5 Å². The number of anilines is 1. The van der Waals surface area contributed by atoms with Gasteiger partial charge in [0.05, 0.1) is 0 Å². The zero-order chi connectivity index (χ0) is 13.9. The fourth-order valence-electron chi connectivity index (χ4n) is 2.98. The Morgan fingerprint density at radius 1 is 1.30 bits per heavy atom. The number of amides is 1. The van der Waals surface area contributed by atoms with Crippen molar-refractivity contribution in [3.05, 3.63) is 30.3 Å². The summed E-state index contributed by atoms with van der Waals surface area (Å²) in [5.74, 6) is 1.63. The third-order valence-electron chi connectivity index (χ3n) is 4.91. The summed E-state index contributed by atoms with van der Waals surface area (Å²) in [6, 6.07) is 10.2. The topological polar surface area (TPSA) is 32.3 Å². The van der Waals surface area contributed by atoms with Crippen LogP contribution in [0.5, 0.6) is 0 Å². The molecule has 3 rings (SSSR count). The maximum atomic E-state index is 12.9. The second-order valence-electron chi connectivity index (χ2n) is 6.29. The monoisotopic (exact) mass is 272 g/mol. The van der Waals surface area contributed by atoms with Crippen LogP contribution in [0, 0.1) is 17.8 Å². The normalized spacial score (nSPS) is 20.9. The van der Waals surface area contributed by atoms with E-state index in [9.17, 15) is 4.79 Å². The number of para-hydroxylation sites is 1. The number of rotatable bonds is 5. The molecule has 2 aliphatic rings. The van der Waals surface area contributed by atoms with Crippen molar-refractivity contribution in [1.82, 2.24) is 5.32 Å². The Labute approximate surface area is 121 Å². The molecule has 0 radical (unpaired) electrons. The van der Waals surface area contributed by atoms with Crippen LogP contribution in [0.2, 0.25) is 0 Å². The summed E-state index contributed by atoms with van der Waals surface area (Å²) in [6.45, 7) is 4.95. The third kappa shape index (κ3) is 2.73. The molecule has 0 bridgehead atoms. The van der Waals surface area contributed by atoms with Gasteiger partial charge in [0.25, 0.3) is 0 Å². The zero-order valence-electron chi connectivity index (χ0n) is 12.2. The molecule has 108 valence electrons. The van der Waals surface area contributed by atoms with E-state index in [0.29, 0.717) is 17.7 Å². The average molecular weight is 272 g/mol. The van der Waals surface area contributed by atoms with Crippen LogP contribution in [0.3, 0.4) is 0 Å². The molecule has 1 aliphatic heterocycles. The van der Waals surface area contributed by atoms with Crippen molar-refractivity contribution in [1.29, 1.82) is 0 Å². The van der Waals surface area contributed by atoms with E-state index >= 15 is 0 Å². The first kappa shape index (κ1) is 13.6. The number of carbonyl (C=O) groups is 1. The van der Waals surface area contributed by atoms with Gasteiger partial charge in [-0.3, -0.25) is 4.79 Å². The molecule has 20 heavy (non-hydrogen) atoms. The second kappa shape index (κ2) is 5.96. The number of nitrogens with one attached hydrogen (secondary N) is 1. The highest BCUT2D eigenvalue weighted by atomic mass is 16.2. The van der Waals surface area contributed by atoms with E-state index in [1.54, 1.807) is 0 Å². The molecule has 1 aromatic carbocycles. The molecule has 1 amide bonds. The average Bonchev–Trinajstić information content (AvgIpc) is 2.36. The van der Waals surface area contributed by atoms with Crippen molar-refractivity contribution in [2.24, 2.45) is 17.8 Å². The fraction of sp³-hybridized carbons (Fsp3) is 0.588. The van der Waals surface area contributed by atoms with Crippen molar-refractivity contribution in [2.45, 2.75) is 26.2 Å². The van der Waals surface area contributed by atoms with E-state index in [1.165, 1.54) is 19.3 Å². The molecule has 1 aromatic rings. The molecule has 3 heteroatoms. The Balaban J connectivity index is 1.74. The Kier molecular flexibility index (Phi) is 4.06. The Morgan fingerprint density at radius 3 is 2.50 bits per heavy atom. The van der Waals surface area contributed by atoms with Crippen molar-refractivity contribution >= 4 is 11.6 Å². The SMILES string of the molecule is CC(C(=O)N(CC1CCC1)c1ccccc1)C1CNC1. The van der Waals surface area contributed by atoms with E-state index in [1.807, 2.05) is 23.1 Å². The predicted octanol–water partition coefficient (Wildman–Crippen LogP) is 2.68. The van der Waals surface area contributed by atoms with E-state index < -0.39 is 0 Å². The van der Waals surface area contributed by atoms with Crippen molar-refractivity contribution in [3.8, 4) is 0 Å². The molecular formula is C17H24N2O. The lowest BCUT2D eigenvalue weighted by atomic mass is 9.83. The van der Waals surface area contributed by atoms with Crippen LogP contribution in [-0.4, -0.2) is 25.5 Å². The van der Waals surface area contributed by atoms with E-state index in [0.717, 1.165) is 25.3 Å². The van der Waals surface area contributed by atoms with Crippen LogP contribution in [0.25, 0.3) is 0 Å². The van der Waals surface area contributed by atoms with Gasteiger partial charge in [-0.2, -0.15) is 0 Å². The minimum absolute atomic E-state index is 0.122. The first-order chi connectivity index (χ1) is 9.75. The van der Waals surface area contributed by atoms with Gasteiger partial charge in [-0.15, -0.1) is 0 Å². The Morgan fingerprint density at radius 2 is 2.00 bits per heavy atom. The largest absolute Gasteiger partial charge is 0.316 e. The fourth-order valence-corrected chi connectivity index (χ4v) is 2.98. The second-order valence-corrected chi connectivity index (χ2v) is 6.29. The van der Waals surface area contributed by atoms with Gasteiger partial charge in [0, 0.05) is 18.2 Å². The molecule has 1 atom stereocenters. The van der Waals surface area contributed by atoms with Crippen LogP contribution in [-0.2, 0) is 4.79 Å². The first-order valence-corrected chi connectivity index (χ1v) is 7.83. The number of carbonyl (C=O) groups excluding carboxylic acids is 1. The molecule has 1 saturated heterocycles. The summed E-state index contributed by atoms with van der Waals surface area (Å²) in [5, 5.41) is 3.27. The van der Waals surface area contributed by atoms with Crippen LogP contribution in [0.15, 0.2) is 30.3 Å². The quantitative estimate of drug-likeness (QED) is 0.894. The van der Waals surface area contributed by atoms with Crippen molar-refractivity contribution in [3.63, 3.8) is 0 Å². The summed E-state index contributed by atoms with van der Waals surface area (Å²) >= 11 is 0. The molecule has 3 nitrogen and oxygen atoms in total. The molecule has 1 aliphatic carbocycles. The minimum Gasteiger partial charge on any atom is -0.316 e. The summed E-state index contributed by atoms with van der Waals surface area (Å²) in [6.07, 6.45) is 3.87. The van der Waals surface area contributed by atoms with E-state index in [2.05, 4.69) is 24.4 Å². The van der Waals surface area contributed by atoms with Crippen LogP contribution < -0.4 is 10.2 Å². The molecule has 1 unspecified atom stereocenters. The minimum atomic E-state index is 0.122. The van der Waals surface area contributed by atoms with Gasteiger partial charge in [0.15, 0.2) is 0 Å². The van der Waals surface area contributed by atoms with Gasteiger partial charge in [-0.05, 0) is 49.9 Å². The van der Waals surface area contributed by atoms with Gasteiger partial charge >= 0.3 is 0 Å². The summed E-state index contributed by atoms with van der Waals surface area (Å²) in [5.41, 5.74) is 1.06. The van der Waals surface area contributed by atoms with Crippen LogP contribution >= 0.6 is 0 Å². The highest BCUT2D eigenvalue weighted by molar-refractivity contribution is 5.95. The van der Waals surface area contributed by atoms with Gasteiger partial charge in [0.2, 0.25) is 5.91 Å². The first-order valence-electron chi connectivity index (χ1n) is 7.83. The molecule has 0 spiro atoms. The van der Waals surface area contributed by atoms with Gasteiger partial charge in [0.1, 0.15) is 0 Å². The lowest BCUT2D eigenvalue weighted by molar-refractivity contribution is -0.124. The van der Waals surface area contributed by atoms with Crippen LogP contribution in [0.4, 0.5) is 5.69 Å². The van der Waals surface area contributed by atoms with Gasteiger partial charge in [-0.25, -0.2) is 0 Å². The number of nitrogens with zero attached hydrogens (tertiary/aromatic N) is 1. The smallest absolute Gasteiger partial charge is 0.230 e. The Bertz CT molecular complexity index is 451. The number of hydrogen-bond acceptors (Lipinski definition) is 2.